The van der Waals surface area contributed by atoms with Crippen LogP contribution in [0.3, 0.4) is 0 Å². The molecule has 1 aliphatic rings. The standard InChI is InChI=1S/C17H18INO/c18-15-5-2-6-17(10-15)20-12-14-4-1-3-13(9-14)11-19-16-7-8-16/h1-6,9-10,16,19H,7-8,11-12H2. The van der Waals surface area contributed by atoms with Gasteiger partial charge in [0, 0.05) is 16.2 Å². The van der Waals surface area contributed by atoms with Crippen molar-refractivity contribution in [2.24, 2.45) is 0 Å². The molecule has 0 heterocycles. The largest absolute Gasteiger partial charge is 0.489 e. The number of halogens is 1. The maximum Gasteiger partial charge on any atom is 0.120 e. The van der Waals surface area contributed by atoms with Crippen molar-refractivity contribution in [1.29, 1.82) is 0 Å². The highest BCUT2D eigenvalue weighted by Crippen LogP contribution is 2.20. The Bertz CT molecular complexity index is 581. The third-order valence-electron chi connectivity index (χ3n) is 3.37. The molecule has 0 radical (unpaired) electrons. The fraction of sp³-hybridized carbons (Fsp3) is 0.294. The van der Waals surface area contributed by atoms with Crippen molar-refractivity contribution in [2.75, 3.05) is 0 Å². The van der Waals surface area contributed by atoms with E-state index < -0.39 is 0 Å². The zero-order chi connectivity index (χ0) is 13.8. The highest BCUT2D eigenvalue weighted by atomic mass is 127. The van der Waals surface area contributed by atoms with E-state index in [-0.39, 0.29) is 0 Å². The van der Waals surface area contributed by atoms with E-state index in [0.29, 0.717) is 6.61 Å². The van der Waals surface area contributed by atoms with E-state index in [1.165, 1.54) is 27.5 Å². The third-order valence-corrected chi connectivity index (χ3v) is 4.04. The number of benzene rings is 2. The molecule has 0 bridgehead atoms. The topological polar surface area (TPSA) is 21.3 Å². The Hall–Kier alpha value is -1.07. The van der Waals surface area contributed by atoms with Crippen LogP contribution in [0.4, 0.5) is 0 Å². The smallest absolute Gasteiger partial charge is 0.120 e. The van der Waals surface area contributed by atoms with Crippen molar-refractivity contribution in [3.8, 4) is 5.75 Å². The van der Waals surface area contributed by atoms with Gasteiger partial charge in [-0.1, -0.05) is 30.3 Å². The molecule has 1 fully saturated rings. The number of hydrogen-bond acceptors (Lipinski definition) is 2. The van der Waals surface area contributed by atoms with Gasteiger partial charge in [0.25, 0.3) is 0 Å². The van der Waals surface area contributed by atoms with E-state index in [2.05, 4.69) is 64.3 Å². The molecule has 0 aromatic heterocycles. The molecule has 1 aliphatic carbocycles. The van der Waals surface area contributed by atoms with Gasteiger partial charge in [0.05, 0.1) is 0 Å². The fourth-order valence-corrected chi connectivity index (χ4v) is 2.62. The van der Waals surface area contributed by atoms with Gasteiger partial charge in [0.15, 0.2) is 0 Å². The molecular weight excluding hydrogens is 361 g/mol. The summed E-state index contributed by atoms with van der Waals surface area (Å²) in [7, 11) is 0. The number of ether oxygens (including phenoxy) is 1. The van der Waals surface area contributed by atoms with Crippen LogP contribution in [0.2, 0.25) is 0 Å². The summed E-state index contributed by atoms with van der Waals surface area (Å²) in [6.45, 7) is 1.58. The Morgan fingerprint density at radius 2 is 1.85 bits per heavy atom. The summed E-state index contributed by atoms with van der Waals surface area (Å²) in [5, 5.41) is 3.54. The molecule has 20 heavy (non-hydrogen) atoms. The monoisotopic (exact) mass is 379 g/mol. The Morgan fingerprint density at radius 3 is 2.65 bits per heavy atom. The first-order chi connectivity index (χ1) is 9.79. The molecule has 1 saturated carbocycles. The van der Waals surface area contributed by atoms with Gasteiger partial charge in [0.2, 0.25) is 0 Å². The molecule has 2 nitrogen and oxygen atoms in total. The van der Waals surface area contributed by atoms with Crippen LogP contribution in [-0.2, 0) is 13.2 Å². The quantitative estimate of drug-likeness (QED) is 0.763. The van der Waals surface area contributed by atoms with E-state index >= 15 is 0 Å². The summed E-state index contributed by atoms with van der Waals surface area (Å²) in [6, 6.07) is 17.5. The molecule has 0 aliphatic heterocycles. The normalized spacial score (nSPS) is 14.2. The average molecular weight is 379 g/mol. The van der Waals surface area contributed by atoms with E-state index in [4.69, 9.17) is 4.74 Å². The van der Waals surface area contributed by atoms with Crippen molar-refractivity contribution in [1.82, 2.24) is 5.32 Å². The van der Waals surface area contributed by atoms with Gasteiger partial charge < -0.3 is 10.1 Å². The van der Waals surface area contributed by atoms with Crippen molar-refractivity contribution >= 4 is 22.6 Å². The first kappa shape index (κ1) is 13.9. The Balaban J connectivity index is 1.57. The number of nitrogens with one attached hydrogen (secondary N) is 1. The lowest BCUT2D eigenvalue weighted by molar-refractivity contribution is 0.306. The number of rotatable bonds is 6. The fourth-order valence-electron chi connectivity index (χ4n) is 2.10. The lowest BCUT2D eigenvalue weighted by Gasteiger charge is -2.09. The zero-order valence-electron chi connectivity index (χ0n) is 11.3. The molecule has 0 unspecified atom stereocenters. The van der Waals surface area contributed by atoms with Gasteiger partial charge in [-0.3, -0.25) is 0 Å². The van der Waals surface area contributed by atoms with Gasteiger partial charge in [-0.2, -0.15) is 0 Å². The second kappa shape index (κ2) is 6.59. The van der Waals surface area contributed by atoms with Crippen LogP contribution in [0, 0.1) is 3.57 Å². The summed E-state index contributed by atoms with van der Waals surface area (Å²) < 4.78 is 7.04. The Labute approximate surface area is 133 Å². The Morgan fingerprint density at radius 1 is 1.05 bits per heavy atom. The van der Waals surface area contributed by atoms with Crippen LogP contribution in [-0.4, -0.2) is 6.04 Å². The van der Waals surface area contributed by atoms with Crippen molar-refractivity contribution < 1.29 is 4.74 Å². The second-order valence-corrected chi connectivity index (χ2v) is 6.47. The maximum atomic E-state index is 5.84. The molecule has 0 amide bonds. The lowest BCUT2D eigenvalue weighted by Crippen LogP contribution is -2.15. The zero-order valence-corrected chi connectivity index (χ0v) is 13.5. The third kappa shape index (κ3) is 4.21. The minimum absolute atomic E-state index is 0.622. The molecule has 0 spiro atoms. The molecule has 104 valence electrons. The van der Waals surface area contributed by atoms with Gasteiger partial charge in [-0.15, -0.1) is 0 Å². The predicted octanol–water partition coefficient (Wildman–Crippen LogP) is 4.12. The van der Waals surface area contributed by atoms with E-state index in [1.54, 1.807) is 0 Å². The van der Waals surface area contributed by atoms with Gasteiger partial charge in [0.1, 0.15) is 12.4 Å². The molecule has 2 aromatic carbocycles. The Kier molecular flexibility index (Phi) is 4.58. The second-order valence-electron chi connectivity index (χ2n) is 5.22. The minimum atomic E-state index is 0.622. The van der Waals surface area contributed by atoms with Crippen LogP contribution in [0.25, 0.3) is 0 Å². The van der Waals surface area contributed by atoms with Crippen molar-refractivity contribution in [2.45, 2.75) is 32.0 Å². The van der Waals surface area contributed by atoms with E-state index in [9.17, 15) is 0 Å². The first-order valence-corrected chi connectivity index (χ1v) is 8.07. The SMILES string of the molecule is Ic1cccc(OCc2cccc(CNC3CC3)c2)c1. The van der Waals surface area contributed by atoms with Crippen LogP contribution in [0.15, 0.2) is 48.5 Å². The molecular formula is C17H18INO. The highest BCUT2D eigenvalue weighted by molar-refractivity contribution is 14.1. The molecule has 1 N–H and O–H groups in total. The predicted molar refractivity (Wildman–Crippen MR) is 89.8 cm³/mol. The maximum absolute atomic E-state index is 5.84. The summed E-state index contributed by atoms with van der Waals surface area (Å²) in [4.78, 5) is 0. The molecule has 0 saturated heterocycles. The lowest BCUT2D eigenvalue weighted by atomic mass is 10.1. The molecule has 3 rings (SSSR count). The van der Waals surface area contributed by atoms with Crippen LogP contribution in [0.1, 0.15) is 24.0 Å². The molecule has 2 aromatic rings. The van der Waals surface area contributed by atoms with Gasteiger partial charge in [-0.05, 0) is 64.8 Å². The molecule has 0 atom stereocenters. The summed E-state index contributed by atoms with van der Waals surface area (Å²) in [6.07, 6.45) is 2.66. The van der Waals surface area contributed by atoms with E-state index in [1.807, 2.05) is 12.1 Å². The van der Waals surface area contributed by atoms with Crippen LogP contribution in [0.5, 0.6) is 5.75 Å². The summed E-state index contributed by atoms with van der Waals surface area (Å²) in [5.74, 6) is 0.929. The molecule has 3 heteroatoms. The number of hydrogen-bond donors (Lipinski definition) is 1. The van der Waals surface area contributed by atoms with Crippen molar-refractivity contribution in [3.63, 3.8) is 0 Å². The van der Waals surface area contributed by atoms with Gasteiger partial charge >= 0.3 is 0 Å². The highest BCUT2D eigenvalue weighted by Gasteiger charge is 2.19. The summed E-state index contributed by atoms with van der Waals surface area (Å²) >= 11 is 2.30. The minimum Gasteiger partial charge on any atom is -0.489 e. The van der Waals surface area contributed by atoms with E-state index in [0.717, 1.165) is 18.3 Å². The van der Waals surface area contributed by atoms with Crippen LogP contribution >= 0.6 is 22.6 Å². The van der Waals surface area contributed by atoms with Crippen molar-refractivity contribution in [3.05, 3.63) is 63.2 Å². The summed E-state index contributed by atoms with van der Waals surface area (Å²) in [5.41, 5.74) is 2.56. The average Bonchev–Trinajstić information content (AvgIpc) is 3.28. The van der Waals surface area contributed by atoms with Gasteiger partial charge in [-0.25, -0.2) is 0 Å². The van der Waals surface area contributed by atoms with Crippen LogP contribution < -0.4 is 10.1 Å². The first-order valence-electron chi connectivity index (χ1n) is 6.99.